The minimum Gasteiger partial charge on any atom is -0.477 e. The van der Waals surface area contributed by atoms with Crippen molar-refractivity contribution in [3.8, 4) is 5.88 Å². The summed E-state index contributed by atoms with van der Waals surface area (Å²) in [6, 6.07) is 0. The number of rotatable bonds is 4. The summed E-state index contributed by atoms with van der Waals surface area (Å²) in [5.41, 5.74) is 0.392. The summed E-state index contributed by atoms with van der Waals surface area (Å²) in [6.07, 6.45) is 3.49. The Balaban J connectivity index is 2.69. The van der Waals surface area contributed by atoms with Gasteiger partial charge in [-0.1, -0.05) is 13.8 Å². The van der Waals surface area contributed by atoms with Gasteiger partial charge in [0.2, 0.25) is 5.88 Å². The summed E-state index contributed by atoms with van der Waals surface area (Å²) < 4.78 is 5.31. The van der Waals surface area contributed by atoms with Crippen LogP contribution in [0.3, 0.4) is 0 Å². The van der Waals surface area contributed by atoms with Crippen LogP contribution in [0.15, 0.2) is 12.5 Å². The normalized spacial score (nSPS) is 10.1. The number of carbonyl (C=O) groups is 1. The molecule has 0 N–H and O–H groups in total. The summed E-state index contributed by atoms with van der Waals surface area (Å²) in [7, 11) is 0. The van der Waals surface area contributed by atoms with Gasteiger partial charge in [-0.25, -0.2) is 9.97 Å². The molecule has 0 aliphatic rings. The summed E-state index contributed by atoms with van der Waals surface area (Å²) in [6.45, 7) is 4.61. The zero-order valence-electron chi connectivity index (χ0n) is 7.73. The Morgan fingerprint density at radius 1 is 1.62 bits per heavy atom. The van der Waals surface area contributed by atoms with E-state index in [9.17, 15) is 4.79 Å². The minimum atomic E-state index is 0.360. The van der Waals surface area contributed by atoms with E-state index in [4.69, 9.17) is 4.74 Å². The number of carbonyl (C=O) groups excluding carboxylic acids is 1. The highest BCUT2D eigenvalue weighted by molar-refractivity contribution is 5.77. The molecule has 70 valence electrons. The first-order chi connectivity index (χ1) is 6.24. The van der Waals surface area contributed by atoms with Crippen LogP contribution in [-0.2, 0) is 0 Å². The highest BCUT2D eigenvalue weighted by atomic mass is 16.5. The second-order valence-corrected chi connectivity index (χ2v) is 3.11. The maximum Gasteiger partial charge on any atom is 0.227 e. The Morgan fingerprint density at radius 3 is 3.00 bits per heavy atom. The Kier molecular flexibility index (Phi) is 3.37. The lowest BCUT2D eigenvalue weighted by Crippen LogP contribution is -2.07. The maximum atomic E-state index is 10.5. The first-order valence-corrected chi connectivity index (χ1v) is 4.12. The van der Waals surface area contributed by atoms with Crippen LogP contribution < -0.4 is 4.74 Å². The van der Waals surface area contributed by atoms with E-state index < -0.39 is 0 Å². The predicted molar refractivity (Wildman–Crippen MR) is 47.8 cm³/mol. The van der Waals surface area contributed by atoms with Crippen LogP contribution in [0.25, 0.3) is 0 Å². The minimum absolute atomic E-state index is 0.360. The van der Waals surface area contributed by atoms with E-state index in [-0.39, 0.29) is 0 Å². The van der Waals surface area contributed by atoms with Crippen LogP contribution in [0, 0.1) is 5.92 Å². The van der Waals surface area contributed by atoms with Gasteiger partial charge < -0.3 is 4.74 Å². The molecule has 0 aliphatic heterocycles. The van der Waals surface area contributed by atoms with Gasteiger partial charge in [0.25, 0.3) is 0 Å². The largest absolute Gasteiger partial charge is 0.477 e. The van der Waals surface area contributed by atoms with Gasteiger partial charge in [-0.15, -0.1) is 0 Å². The molecule has 4 heteroatoms. The summed E-state index contributed by atoms with van der Waals surface area (Å²) >= 11 is 0. The lowest BCUT2D eigenvalue weighted by Gasteiger charge is -2.07. The topological polar surface area (TPSA) is 52.1 Å². The molecule has 0 atom stereocenters. The molecule has 1 rings (SSSR count). The summed E-state index contributed by atoms with van der Waals surface area (Å²) in [4.78, 5) is 18.1. The highest BCUT2D eigenvalue weighted by Gasteiger charge is 2.04. The molecule has 1 heterocycles. The molecule has 0 unspecified atom stereocenters. The Morgan fingerprint density at radius 2 is 2.38 bits per heavy atom. The Labute approximate surface area is 77.0 Å². The molecular weight excluding hydrogens is 168 g/mol. The zero-order chi connectivity index (χ0) is 9.68. The highest BCUT2D eigenvalue weighted by Crippen LogP contribution is 2.10. The zero-order valence-corrected chi connectivity index (χ0v) is 7.73. The fourth-order valence-electron chi connectivity index (χ4n) is 0.776. The lowest BCUT2D eigenvalue weighted by molar-refractivity contribution is 0.111. The van der Waals surface area contributed by atoms with Crippen LogP contribution >= 0.6 is 0 Å². The van der Waals surface area contributed by atoms with E-state index in [1.165, 1.54) is 12.5 Å². The fraction of sp³-hybridized carbons (Fsp3) is 0.444. The van der Waals surface area contributed by atoms with E-state index in [2.05, 4.69) is 9.97 Å². The van der Waals surface area contributed by atoms with Crippen LogP contribution in [0.2, 0.25) is 0 Å². The van der Waals surface area contributed by atoms with Gasteiger partial charge in [0, 0.05) is 6.20 Å². The molecule has 0 aliphatic carbocycles. The monoisotopic (exact) mass is 180 g/mol. The first-order valence-electron chi connectivity index (χ1n) is 4.12. The van der Waals surface area contributed by atoms with Gasteiger partial charge in [0.05, 0.1) is 12.2 Å². The quantitative estimate of drug-likeness (QED) is 0.656. The third-order valence-corrected chi connectivity index (χ3v) is 1.38. The number of aromatic nitrogens is 2. The summed E-state index contributed by atoms with van der Waals surface area (Å²) in [5, 5.41) is 0. The van der Waals surface area contributed by atoms with E-state index >= 15 is 0 Å². The van der Waals surface area contributed by atoms with Crippen molar-refractivity contribution in [3.05, 3.63) is 18.1 Å². The van der Waals surface area contributed by atoms with Gasteiger partial charge in [-0.05, 0) is 5.92 Å². The van der Waals surface area contributed by atoms with E-state index in [1.54, 1.807) is 0 Å². The molecule has 0 spiro atoms. The number of nitrogens with zero attached hydrogens (tertiary/aromatic N) is 2. The average Bonchev–Trinajstić information content (AvgIpc) is 2.15. The van der Waals surface area contributed by atoms with Crippen LogP contribution in [-0.4, -0.2) is 22.9 Å². The molecule has 4 nitrogen and oxygen atoms in total. The first kappa shape index (κ1) is 9.64. The second kappa shape index (κ2) is 4.54. The molecule has 13 heavy (non-hydrogen) atoms. The van der Waals surface area contributed by atoms with Gasteiger partial charge in [0.15, 0.2) is 6.29 Å². The summed E-state index contributed by atoms with van der Waals surface area (Å²) in [5.74, 6) is 0.771. The molecule has 1 aromatic rings. The molecule has 0 bridgehead atoms. The number of ether oxygens (including phenoxy) is 1. The van der Waals surface area contributed by atoms with Gasteiger partial charge in [0.1, 0.15) is 6.33 Å². The van der Waals surface area contributed by atoms with Crippen molar-refractivity contribution in [2.24, 2.45) is 5.92 Å². The van der Waals surface area contributed by atoms with Crippen molar-refractivity contribution in [1.82, 2.24) is 9.97 Å². The van der Waals surface area contributed by atoms with Gasteiger partial charge in [-0.2, -0.15) is 0 Å². The third kappa shape index (κ3) is 2.82. The molecule has 1 aromatic heterocycles. The van der Waals surface area contributed by atoms with Crippen molar-refractivity contribution < 1.29 is 9.53 Å². The molecule has 0 radical (unpaired) electrons. The molecule has 0 aromatic carbocycles. The SMILES string of the molecule is CC(C)COc1ncncc1C=O. The van der Waals surface area contributed by atoms with E-state index in [0.717, 1.165) is 0 Å². The maximum absolute atomic E-state index is 10.5. The van der Waals surface area contributed by atoms with Crippen molar-refractivity contribution in [2.45, 2.75) is 13.8 Å². The third-order valence-electron chi connectivity index (χ3n) is 1.38. The number of hydrogen-bond donors (Lipinski definition) is 0. The molecular formula is C9H12N2O2. The van der Waals surface area contributed by atoms with Gasteiger partial charge >= 0.3 is 0 Å². The fourth-order valence-corrected chi connectivity index (χ4v) is 0.776. The second-order valence-electron chi connectivity index (χ2n) is 3.11. The van der Waals surface area contributed by atoms with Crippen molar-refractivity contribution in [3.63, 3.8) is 0 Å². The molecule has 0 saturated heterocycles. The van der Waals surface area contributed by atoms with Gasteiger partial charge in [-0.3, -0.25) is 4.79 Å². The van der Waals surface area contributed by atoms with E-state index in [0.29, 0.717) is 30.3 Å². The van der Waals surface area contributed by atoms with Crippen molar-refractivity contribution in [2.75, 3.05) is 6.61 Å². The lowest BCUT2D eigenvalue weighted by atomic mass is 10.2. The Bertz CT molecular complexity index is 287. The van der Waals surface area contributed by atoms with Crippen LogP contribution in [0.5, 0.6) is 5.88 Å². The predicted octanol–water partition coefficient (Wildman–Crippen LogP) is 1.32. The standard InChI is InChI=1S/C9H12N2O2/c1-7(2)5-13-9-8(4-12)3-10-6-11-9/h3-4,6-7H,5H2,1-2H3. The average molecular weight is 180 g/mol. The number of hydrogen-bond acceptors (Lipinski definition) is 4. The van der Waals surface area contributed by atoms with E-state index in [1.807, 2.05) is 13.8 Å². The molecule has 0 fully saturated rings. The van der Waals surface area contributed by atoms with Crippen LogP contribution in [0.4, 0.5) is 0 Å². The smallest absolute Gasteiger partial charge is 0.227 e. The molecule has 0 amide bonds. The van der Waals surface area contributed by atoms with Crippen LogP contribution in [0.1, 0.15) is 24.2 Å². The van der Waals surface area contributed by atoms with Crippen molar-refractivity contribution in [1.29, 1.82) is 0 Å². The number of aldehydes is 1. The molecule has 0 saturated carbocycles. The Hall–Kier alpha value is -1.45. The van der Waals surface area contributed by atoms with Crippen molar-refractivity contribution >= 4 is 6.29 Å².